The van der Waals surface area contributed by atoms with Gasteiger partial charge in [0.05, 0.1) is 6.21 Å². The smallest absolute Gasteiger partial charge is 0.258 e. The van der Waals surface area contributed by atoms with Gasteiger partial charge in [0, 0.05) is 17.5 Å². The van der Waals surface area contributed by atoms with Gasteiger partial charge in [-0.25, -0.2) is 10.9 Å². The molecule has 2 aromatic rings. The van der Waals surface area contributed by atoms with E-state index in [0.717, 1.165) is 23.6 Å². The van der Waals surface area contributed by atoms with Crippen LogP contribution in [0, 0.1) is 5.92 Å². The zero-order valence-corrected chi connectivity index (χ0v) is 13.9. The van der Waals surface area contributed by atoms with Gasteiger partial charge in [0.2, 0.25) is 0 Å². The number of hydrogen-bond donors (Lipinski definition) is 4. The van der Waals surface area contributed by atoms with Crippen LogP contribution in [0.3, 0.4) is 0 Å². The molecule has 6 heteroatoms. The summed E-state index contributed by atoms with van der Waals surface area (Å²) >= 11 is 0. The summed E-state index contributed by atoms with van der Waals surface area (Å²) in [6.45, 7) is 0. The molecule has 4 rings (SSSR count). The fraction of sp³-hybridized carbons (Fsp3) is 0.368. The Morgan fingerprint density at radius 3 is 2.92 bits per heavy atom. The lowest BCUT2D eigenvalue weighted by Gasteiger charge is -2.26. The van der Waals surface area contributed by atoms with Crippen molar-refractivity contribution in [3.63, 3.8) is 0 Å². The number of phenolic OH excluding ortho intramolecular Hbond substituents is 1. The Morgan fingerprint density at radius 2 is 2.00 bits per heavy atom. The molecule has 3 atom stereocenters. The number of hydrazine groups is 1. The Kier molecular flexibility index (Phi) is 4.38. The van der Waals surface area contributed by atoms with Gasteiger partial charge in [-0.05, 0) is 29.7 Å². The Bertz CT molecular complexity index is 820. The monoisotopic (exact) mass is 338 g/mol. The Labute approximate surface area is 146 Å². The highest BCUT2D eigenvalue weighted by molar-refractivity contribution is 6.02. The molecule has 0 aromatic heterocycles. The Morgan fingerprint density at radius 1 is 1.16 bits per heavy atom. The lowest BCUT2D eigenvalue weighted by atomic mass is 9.81. The van der Waals surface area contributed by atoms with Crippen LogP contribution in [0.5, 0.6) is 5.75 Å². The molecular formula is C19H22N4O2. The number of amides is 1. The second-order valence-electron chi connectivity index (χ2n) is 6.77. The molecule has 0 radical (unpaired) electrons. The number of fused-ring (bicyclic) bond motifs is 2. The fourth-order valence-electron chi connectivity index (χ4n) is 3.95. The highest BCUT2D eigenvalue weighted by atomic mass is 16.3. The fourth-order valence-corrected chi connectivity index (χ4v) is 3.95. The third-order valence-electron chi connectivity index (χ3n) is 5.27. The predicted octanol–water partition coefficient (Wildman–Crippen LogP) is 2.03. The summed E-state index contributed by atoms with van der Waals surface area (Å²) in [4.78, 5) is 12.4. The van der Waals surface area contributed by atoms with E-state index in [1.54, 1.807) is 6.07 Å². The van der Waals surface area contributed by atoms with E-state index in [1.165, 1.54) is 19.1 Å². The van der Waals surface area contributed by atoms with E-state index in [4.69, 9.17) is 0 Å². The first kappa shape index (κ1) is 16.1. The number of rotatable bonds is 3. The number of nitrogens with zero attached hydrogens (tertiary/aromatic N) is 1. The van der Waals surface area contributed by atoms with Gasteiger partial charge in [0.15, 0.2) is 0 Å². The molecule has 1 aliphatic carbocycles. The highest BCUT2D eigenvalue weighted by Crippen LogP contribution is 2.30. The van der Waals surface area contributed by atoms with Crippen LogP contribution in [0.25, 0.3) is 10.8 Å². The van der Waals surface area contributed by atoms with Gasteiger partial charge in [-0.2, -0.15) is 5.10 Å². The summed E-state index contributed by atoms with van der Waals surface area (Å²) in [7, 11) is 0. The van der Waals surface area contributed by atoms with Gasteiger partial charge >= 0.3 is 0 Å². The first-order chi connectivity index (χ1) is 12.2. The quantitative estimate of drug-likeness (QED) is 0.510. The molecule has 0 bridgehead atoms. The SMILES string of the molecule is O=C(N/N=C\c1c(O)ccc2ccccc12)C1NNC2CCCCC21. The minimum absolute atomic E-state index is 0.141. The van der Waals surface area contributed by atoms with Crippen molar-refractivity contribution in [3.8, 4) is 5.75 Å². The molecule has 1 saturated heterocycles. The number of nitrogens with one attached hydrogen (secondary N) is 3. The van der Waals surface area contributed by atoms with Crippen molar-refractivity contribution in [2.45, 2.75) is 37.8 Å². The number of carbonyl (C=O) groups is 1. The van der Waals surface area contributed by atoms with Crippen molar-refractivity contribution in [2.75, 3.05) is 0 Å². The molecule has 0 spiro atoms. The first-order valence-corrected chi connectivity index (χ1v) is 8.79. The molecule has 1 heterocycles. The van der Waals surface area contributed by atoms with Crippen LogP contribution < -0.4 is 16.3 Å². The van der Waals surface area contributed by atoms with Gasteiger partial charge in [-0.15, -0.1) is 0 Å². The number of hydrogen-bond acceptors (Lipinski definition) is 5. The number of hydrazone groups is 1. The van der Waals surface area contributed by atoms with E-state index in [0.29, 0.717) is 17.5 Å². The van der Waals surface area contributed by atoms with E-state index >= 15 is 0 Å². The number of phenols is 1. The second-order valence-corrected chi connectivity index (χ2v) is 6.77. The average Bonchev–Trinajstić information content (AvgIpc) is 3.07. The molecule has 2 aliphatic rings. The zero-order valence-electron chi connectivity index (χ0n) is 13.9. The van der Waals surface area contributed by atoms with Crippen LogP contribution in [0.1, 0.15) is 31.2 Å². The van der Waals surface area contributed by atoms with Crippen molar-refractivity contribution < 1.29 is 9.90 Å². The van der Waals surface area contributed by atoms with E-state index in [9.17, 15) is 9.90 Å². The summed E-state index contributed by atoms with van der Waals surface area (Å²) < 4.78 is 0. The molecule has 6 nitrogen and oxygen atoms in total. The average molecular weight is 338 g/mol. The normalized spacial score (nSPS) is 26.0. The van der Waals surface area contributed by atoms with Crippen LogP contribution in [0.15, 0.2) is 41.5 Å². The standard InChI is InChI=1S/C19H22N4O2/c24-17-10-9-12-5-1-2-6-13(12)15(17)11-20-23-19(25)18-14-7-3-4-8-16(14)21-22-18/h1-2,5-6,9-11,14,16,18,21-22,24H,3-4,7-8H2,(H,23,25)/b20-11-. The molecule has 3 unspecified atom stereocenters. The molecule has 1 aliphatic heterocycles. The summed E-state index contributed by atoms with van der Waals surface area (Å²) in [5, 5.41) is 16.1. The van der Waals surface area contributed by atoms with E-state index in [2.05, 4.69) is 21.4 Å². The summed E-state index contributed by atoms with van der Waals surface area (Å²) in [5.74, 6) is 0.317. The van der Waals surface area contributed by atoms with Gasteiger partial charge in [0.25, 0.3) is 5.91 Å². The largest absolute Gasteiger partial charge is 0.507 e. The molecule has 2 fully saturated rings. The number of carbonyl (C=O) groups excluding carboxylic acids is 1. The minimum Gasteiger partial charge on any atom is -0.507 e. The lowest BCUT2D eigenvalue weighted by Crippen LogP contribution is -2.44. The number of benzene rings is 2. The van der Waals surface area contributed by atoms with Crippen molar-refractivity contribution >= 4 is 22.9 Å². The third-order valence-corrected chi connectivity index (χ3v) is 5.27. The van der Waals surface area contributed by atoms with Crippen LogP contribution in [-0.2, 0) is 4.79 Å². The summed E-state index contributed by atoms with van der Waals surface area (Å²) in [5.41, 5.74) is 9.55. The first-order valence-electron chi connectivity index (χ1n) is 8.79. The Hall–Kier alpha value is -2.44. The van der Waals surface area contributed by atoms with Gasteiger partial charge in [-0.1, -0.05) is 43.2 Å². The molecule has 130 valence electrons. The summed E-state index contributed by atoms with van der Waals surface area (Å²) in [6.07, 6.45) is 6.05. The maximum atomic E-state index is 12.4. The topological polar surface area (TPSA) is 85.8 Å². The van der Waals surface area contributed by atoms with E-state index < -0.39 is 0 Å². The highest BCUT2D eigenvalue weighted by Gasteiger charge is 2.40. The summed E-state index contributed by atoms with van der Waals surface area (Å²) in [6, 6.07) is 11.4. The second kappa shape index (κ2) is 6.82. The number of aromatic hydroxyl groups is 1. The van der Waals surface area contributed by atoms with Crippen LogP contribution in [0.2, 0.25) is 0 Å². The van der Waals surface area contributed by atoms with E-state index in [1.807, 2.05) is 30.3 Å². The molecular weight excluding hydrogens is 316 g/mol. The molecule has 1 saturated carbocycles. The maximum absolute atomic E-state index is 12.4. The molecule has 2 aromatic carbocycles. The zero-order chi connectivity index (χ0) is 17.2. The van der Waals surface area contributed by atoms with E-state index in [-0.39, 0.29) is 17.7 Å². The van der Waals surface area contributed by atoms with Crippen molar-refractivity contribution in [1.29, 1.82) is 0 Å². The lowest BCUT2D eigenvalue weighted by molar-refractivity contribution is -0.123. The van der Waals surface area contributed by atoms with Gasteiger partial charge in [0.1, 0.15) is 11.8 Å². The maximum Gasteiger partial charge on any atom is 0.258 e. The van der Waals surface area contributed by atoms with Crippen molar-refractivity contribution in [3.05, 3.63) is 42.0 Å². The van der Waals surface area contributed by atoms with Gasteiger partial charge in [-0.3, -0.25) is 10.2 Å². The third kappa shape index (κ3) is 3.10. The molecule has 25 heavy (non-hydrogen) atoms. The van der Waals surface area contributed by atoms with Crippen LogP contribution >= 0.6 is 0 Å². The van der Waals surface area contributed by atoms with Crippen molar-refractivity contribution in [2.24, 2.45) is 11.0 Å². The Balaban J connectivity index is 1.48. The van der Waals surface area contributed by atoms with Crippen LogP contribution in [0.4, 0.5) is 0 Å². The van der Waals surface area contributed by atoms with Crippen LogP contribution in [-0.4, -0.2) is 29.3 Å². The molecule has 1 amide bonds. The predicted molar refractivity (Wildman–Crippen MR) is 97.2 cm³/mol. The van der Waals surface area contributed by atoms with Crippen molar-refractivity contribution in [1.82, 2.24) is 16.3 Å². The van der Waals surface area contributed by atoms with Gasteiger partial charge < -0.3 is 5.11 Å². The minimum atomic E-state index is -0.261. The molecule has 4 N–H and O–H groups in total.